The number of carbonyl (C=O) groups is 2. The standard InChI is InChI=1S/C15H19FN2O3/c1-10-5-3-2-4-8-18(10)15(21)17-13-7-6-11(14(19)20)9-12(13)16/h6-7,9-10H,2-5,8H2,1H3,(H,17,21)(H,19,20). The van der Waals surface area contributed by atoms with E-state index in [-0.39, 0.29) is 23.3 Å². The van der Waals surface area contributed by atoms with Crippen LogP contribution >= 0.6 is 0 Å². The number of carbonyl (C=O) groups excluding carboxylic acids is 1. The molecule has 1 heterocycles. The zero-order valence-electron chi connectivity index (χ0n) is 11.9. The maximum atomic E-state index is 13.8. The van der Waals surface area contributed by atoms with Crippen molar-refractivity contribution < 1.29 is 19.1 Å². The number of nitrogens with one attached hydrogen (secondary N) is 1. The maximum Gasteiger partial charge on any atom is 0.335 e. The van der Waals surface area contributed by atoms with Crippen LogP contribution in [0.4, 0.5) is 14.9 Å². The van der Waals surface area contributed by atoms with E-state index >= 15 is 0 Å². The number of aromatic carboxylic acids is 1. The summed E-state index contributed by atoms with van der Waals surface area (Å²) < 4.78 is 13.8. The summed E-state index contributed by atoms with van der Waals surface area (Å²) in [6.07, 6.45) is 4.06. The minimum absolute atomic E-state index is 0.00134. The summed E-state index contributed by atoms with van der Waals surface area (Å²) in [6.45, 7) is 2.64. The van der Waals surface area contributed by atoms with Gasteiger partial charge in [-0.15, -0.1) is 0 Å². The van der Waals surface area contributed by atoms with E-state index in [2.05, 4.69) is 5.32 Å². The second-order valence-corrected chi connectivity index (χ2v) is 5.32. The van der Waals surface area contributed by atoms with Crippen molar-refractivity contribution in [3.63, 3.8) is 0 Å². The fraction of sp³-hybridized carbons (Fsp3) is 0.467. The molecule has 21 heavy (non-hydrogen) atoms. The molecule has 0 aliphatic carbocycles. The summed E-state index contributed by atoms with van der Waals surface area (Å²) in [7, 11) is 0. The van der Waals surface area contributed by atoms with E-state index in [1.54, 1.807) is 4.90 Å². The zero-order chi connectivity index (χ0) is 15.4. The van der Waals surface area contributed by atoms with Gasteiger partial charge in [0.05, 0.1) is 11.3 Å². The van der Waals surface area contributed by atoms with Crippen molar-refractivity contribution in [3.05, 3.63) is 29.6 Å². The van der Waals surface area contributed by atoms with Gasteiger partial charge in [0.2, 0.25) is 0 Å². The van der Waals surface area contributed by atoms with Gasteiger partial charge in [-0.05, 0) is 38.0 Å². The number of anilines is 1. The topological polar surface area (TPSA) is 69.6 Å². The smallest absolute Gasteiger partial charge is 0.335 e. The lowest BCUT2D eigenvalue weighted by atomic mass is 10.1. The number of amides is 2. The van der Waals surface area contributed by atoms with Gasteiger partial charge in [0.15, 0.2) is 0 Å². The SMILES string of the molecule is CC1CCCCCN1C(=O)Nc1ccc(C(=O)O)cc1F. The lowest BCUT2D eigenvalue weighted by Crippen LogP contribution is -2.41. The average Bonchev–Trinajstić information content (AvgIpc) is 2.65. The normalized spacial score (nSPS) is 19.0. The van der Waals surface area contributed by atoms with Gasteiger partial charge in [0, 0.05) is 12.6 Å². The molecule has 2 N–H and O–H groups in total. The molecule has 0 aromatic heterocycles. The molecule has 0 bridgehead atoms. The first-order valence-corrected chi connectivity index (χ1v) is 7.09. The van der Waals surface area contributed by atoms with Crippen LogP contribution in [-0.2, 0) is 0 Å². The predicted molar refractivity (Wildman–Crippen MR) is 77.0 cm³/mol. The molecule has 114 valence electrons. The molecule has 6 heteroatoms. The van der Waals surface area contributed by atoms with Gasteiger partial charge in [0.1, 0.15) is 5.82 Å². The fourth-order valence-electron chi connectivity index (χ4n) is 2.51. The quantitative estimate of drug-likeness (QED) is 0.879. The number of carboxylic acids is 1. The first-order chi connectivity index (χ1) is 9.99. The molecule has 2 rings (SSSR count). The van der Waals surface area contributed by atoms with Gasteiger partial charge in [-0.25, -0.2) is 14.0 Å². The average molecular weight is 294 g/mol. The molecule has 5 nitrogen and oxygen atoms in total. The highest BCUT2D eigenvalue weighted by molar-refractivity contribution is 5.92. The van der Waals surface area contributed by atoms with E-state index in [0.29, 0.717) is 6.54 Å². The Bertz CT molecular complexity index is 548. The van der Waals surface area contributed by atoms with Gasteiger partial charge in [-0.3, -0.25) is 0 Å². The van der Waals surface area contributed by atoms with Gasteiger partial charge < -0.3 is 15.3 Å². The van der Waals surface area contributed by atoms with Gasteiger partial charge >= 0.3 is 12.0 Å². The van der Waals surface area contributed by atoms with Crippen LogP contribution in [0.25, 0.3) is 0 Å². The van der Waals surface area contributed by atoms with Crippen LogP contribution in [0.3, 0.4) is 0 Å². The van der Waals surface area contributed by atoms with Gasteiger partial charge in [-0.1, -0.05) is 12.8 Å². The summed E-state index contributed by atoms with van der Waals surface area (Å²) in [5.41, 5.74) is -0.143. The van der Waals surface area contributed by atoms with E-state index < -0.39 is 11.8 Å². The zero-order valence-corrected chi connectivity index (χ0v) is 11.9. The second-order valence-electron chi connectivity index (χ2n) is 5.32. The number of halogens is 1. The van der Waals surface area contributed by atoms with Crippen molar-refractivity contribution >= 4 is 17.7 Å². The third-order valence-corrected chi connectivity index (χ3v) is 3.77. The summed E-state index contributed by atoms with van der Waals surface area (Å²) in [6, 6.07) is 3.23. The first-order valence-electron chi connectivity index (χ1n) is 7.09. The monoisotopic (exact) mass is 294 g/mol. The summed E-state index contributed by atoms with van der Waals surface area (Å²) in [5, 5.41) is 11.3. The summed E-state index contributed by atoms with van der Waals surface area (Å²) in [5.74, 6) is -1.95. The van der Waals surface area contributed by atoms with Crippen LogP contribution in [0.5, 0.6) is 0 Å². The Morgan fingerprint density at radius 2 is 2.10 bits per heavy atom. The van der Waals surface area contributed by atoms with Crippen molar-refractivity contribution in [2.24, 2.45) is 0 Å². The Balaban J connectivity index is 2.10. The van der Waals surface area contributed by atoms with Gasteiger partial charge in [0.25, 0.3) is 0 Å². The van der Waals surface area contributed by atoms with Crippen molar-refractivity contribution in [1.82, 2.24) is 4.90 Å². The lowest BCUT2D eigenvalue weighted by molar-refractivity contribution is 0.0696. The van der Waals surface area contributed by atoms with Gasteiger partial charge in [-0.2, -0.15) is 0 Å². The van der Waals surface area contributed by atoms with E-state index in [0.717, 1.165) is 31.7 Å². The van der Waals surface area contributed by atoms with E-state index in [9.17, 15) is 14.0 Å². The Labute approximate surface area is 122 Å². The molecule has 1 aliphatic rings. The van der Waals surface area contributed by atoms with Crippen LogP contribution < -0.4 is 5.32 Å². The molecule has 0 radical (unpaired) electrons. The van der Waals surface area contributed by atoms with E-state index in [1.807, 2.05) is 6.92 Å². The van der Waals surface area contributed by atoms with Crippen molar-refractivity contribution in [2.75, 3.05) is 11.9 Å². The second kappa shape index (κ2) is 6.56. The third-order valence-electron chi connectivity index (χ3n) is 3.77. The highest BCUT2D eigenvalue weighted by Crippen LogP contribution is 2.20. The van der Waals surface area contributed by atoms with Crippen LogP contribution in [0, 0.1) is 5.82 Å². The number of likely N-dealkylation sites (tertiary alicyclic amines) is 1. The molecule has 2 amide bonds. The molecule has 1 fully saturated rings. The number of benzene rings is 1. The number of nitrogens with zero attached hydrogens (tertiary/aromatic N) is 1. The lowest BCUT2D eigenvalue weighted by Gasteiger charge is -2.27. The Morgan fingerprint density at radius 3 is 2.76 bits per heavy atom. The minimum Gasteiger partial charge on any atom is -0.478 e. The van der Waals surface area contributed by atoms with Crippen molar-refractivity contribution in [1.29, 1.82) is 0 Å². The molecular formula is C15H19FN2O3. The van der Waals surface area contributed by atoms with E-state index in [1.165, 1.54) is 12.1 Å². The van der Waals surface area contributed by atoms with E-state index in [4.69, 9.17) is 5.11 Å². The van der Waals surface area contributed by atoms with Crippen molar-refractivity contribution in [2.45, 2.75) is 38.6 Å². The maximum absolute atomic E-state index is 13.8. The number of carboxylic acid groups (broad SMARTS) is 1. The highest BCUT2D eigenvalue weighted by Gasteiger charge is 2.22. The molecule has 1 atom stereocenters. The van der Waals surface area contributed by atoms with Crippen LogP contribution in [-0.4, -0.2) is 34.6 Å². The molecule has 1 saturated heterocycles. The minimum atomic E-state index is -1.20. The number of hydrogen-bond acceptors (Lipinski definition) is 2. The fourth-order valence-corrected chi connectivity index (χ4v) is 2.51. The molecule has 0 spiro atoms. The molecule has 0 saturated carbocycles. The highest BCUT2D eigenvalue weighted by atomic mass is 19.1. The van der Waals surface area contributed by atoms with Crippen LogP contribution in [0.1, 0.15) is 43.0 Å². The van der Waals surface area contributed by atoms with Crippen LogP contribution in [0.2, 0.25) is 0 Å². The molecule has 1 unspecified atom stereocenters. The summed E-state index contributed by atoms with van der Waals surface area (Å²) >= 11 is 0. The third kappa shape index (κ3) is 3.71. The Hall–Kier alpha value is -2.11. The molecular weight excluding hydrogens is 275 g/mol. The summed E-state index contributed by atoms with van der Waals surface area (Å²) in [4.78, 5) is 24.7. The number of hydrogen-bond donors (Lipinski definition) is 2. The number of rotatable bonds is 2. The predicted octanol–water partition coefficient (Wildman–Crippen LogP) is 3.32. The molecule has 1 aromatic rings. The Morgan fingerprint density at radius 1 is 1.33 bits per heavy atom. The van der Waals surface area contributed by atoms with Crippen LogP contribution in [0.15, 0.2) is 18.2 Å². The largest absolute Gasteiger partial charge is 0.478 e. The number of urea groups is 1. The molecule has 1 aliphatic heterocycles. The molecule has 1 aromatic carbocycles. The Kier molecular flexibility index (Phi) is 4.77. The van der Waals surface area contributed by atoms with Crippen molar-refractivity contribution in [3.8, 4) is 0 Å². The first kappa shape index (κ1) is 15.3.